The number of unbranched alkanes of at least 4 members (excludes halogenated alkanes) is 51. The van der Waals surface area contributed by atoms with Gasteiger partial charge in [-0.2, -0.15) is 0 Å². The quantitative estimate of drug-likeness (QED) is 0.0320. The molecule has 1 amide bonds. The van der Waals surface area contributed by atoms with Gasteiger partial charge in [0.25, 0.3) is 0 Å². The van der Waals surface area contributed by atoms with Crippen molar-refractivity contribution < 1.29 is 24.5 Å². The topological polar surface area (TPSA) is 95.9 Å². The second-order valence-electron chi connectivity index (χ2n) is 24.2. The first kappa shape index (κ1) is 75.3. The molecule has 0 aliphatic heterocycles. The van der Waals surface area contributed by atoms with E-state index in [0.29, 0.717) is 25.9 Å². The van der Waals surface area contributed by atoms with E-state index in [9.17, 15) is 19.8 Å². The molecule has 0 aliphatic rings. The highest BCUT2D eigenvalue weighted by atomic mass is 16.5. The minimum Gasteiger partial charge on any atom is -0.466 e. The van der Waals surface area contributed by atoms with Gasteiger partial charge in [-0.05, 0) is 77.0 Å². The number of carbonyl (C=O) groups is 2. The van der Waals surface area contributed by atoms with Crippen molar-refractivity contribution >= 4 is 11.9 Å². The molecule has 0 aliphatic carbocycles. The van der Waals surface area contributed by atoms with E-state index in [1.807, 2.05) is 0 Å². The Labute approximate surface area is 481 Å². The summed E-state index contributed by atoms with van der Waals surface area (Å²) in [4.78, 5) is 24.6. The third kappa shape index (κ3) is 63.4. The number of nitrogens with one attached hydrogen (secondary N) is 1. The summed E-state index contributed by atoms with van der Waals surface area (Å²) in [5.74, 6) is -0.0347. The Bertz CT molecular complexity index is 1200. The number of esters is 1. The fourth-order valence-corrected chi connectivity index (χ4v) is 11.1. The molecule has 0 spiro atoms. The molecule has 456 valence electrons. The predicted molar refractivity (Wildman–Crippen MR) is 338 cm³/mol. The highest BCUT2D eigenvalue weighted by Gasteiger charge is 2.20. The van der Waals surface area contributed by atoms with E-state index in [1.54, 1.807) is 0 Å². The number of aliphatic hydroxyl groups excluding tert-OH is 2. The van der Waals surface area contributed by atoms with Crippen molar-refractivity contribution in [3.63, 3.8) is 0 Å². The van der Waals surface area contributed by atoms with Crippen LogP contribution in [0, 0.1) is 0 Å². The summed E-state index contributed by atoms with van der Waals surface area (Å²) < 4.78 is 5.49. The molecule has 0 saturated carbocycles. The van der Waals surface area contributed by atoms with Crippen LogP contribution in [0.2, 0.25) is 0 Å². The van der Waals surface area contributed by atoms with Crippen molar-refractivity contribution in [3.8, 4) is 0 Å². The molecule has 0 heterocycles. The second-order valence-corrected chi connectivity index (χ2v) is 24.2. The van der Waals surface area contributed by atoms with Gasteiger partial charge in [0.1, 0.15) is 0 Å². The van der Waals surface area contributed by atoms with Crippen molar-refractivity contribution in [1.82, 2.24) is 5.32 Å². The number of carbonyl (C=O) groups excluding carboxylic acids is 2. The molecule has 77 heavy (non-hydrogen) atoms. The summed E-state index contributed by atoms with van der Waals surface area (Å²) in [5, 5.41) is 23.4. The molecular weight excluding hydrogens is 947 g/mol. The average molecular weight is 1080 g/mol. The van der Waals surface area contributed by atoms with Crippen LogP contribution < -0.4 is 5.32 Å². The van der Waals surface area contributed by atoms with Crippen LogP contribution in [-0.4, -0.2) is 47.4 Å². The van der Waals surface area contributed by atoms with Crippen LogP contribution in [0.25, 0.3) is 0 Å². The van der Waals surface area contributed by atoms with Crippen LogP contribution in [0.3, 0.4) is 0 Å². The molecule has 3 N–H and O–H groups in total. The van der Waals surface area contributed by atoms with Crippen molar-refractivity contribution in [2.45, 2.75) is 405 Å². The zero-order chi connectivity index (χ0) is 55.7. The first-order chi connectivity index (χ1) is 38.0. The number of hydrogen-bond acceptors (Lipinski definition) is 5. The summed E-state index contributed by atoms with van der Waals surface area (Å²) in [7, 11) is 0. The van der Waals surface area contributed by atoms with Crippen molar-refractivity contribution in [2.24, 2.45) is 0 Å². The third-order valence-corrected chi connectivity index (χ3v) is 16.5. The Hall–Kier alpha value is -1.66. The molecule has 0 radical (unpaired) electrons. The summed E-state index contributed by atoms with van der Waals surface area (Å²) in [6.45, 7) is 4.98. The molecule has 0 aromatic carbocycles. The smallest absolute Gasteiger partial charge is 0.305 e. The number of rotatable bonds is 66. The lowest BCUT2D eigenvalue weighted by molar-refractivity contribution is -0.143. The molecule has 0 fully saturated rings. The van der Waals surface area contributed by atoms with Gasteiger partial charge in [-0.25, -0.2) is 0 Å². The standard InChI is InChI=1S/C71H137NO5/c1-3-5-7-9-11-13-15-17-19-20-21-22-23-26-29-32-36-39-43-47-51-55-59-63-69(74)68(67-73)72-70(75)64-60-56-52-48-44-40-37-33-30-27-24-25-28-31-34-38-42-46-50-54-58-62-66-77-71(76)65-61-57-53-49-45-41-35-18-16-14-12-10-8-6-4-2/h18,27,30,35,68-69,73-74H,3-17,19-26,28-29,31-34,36-67H2,1-2H3,(H,72,75)/b30-27-,35-18-. The van der Waals surface area contributed by atoms with Gasteiger partial charge in [-0.15, -0.1) is 0 Å². The fourth-order valence-electron chi connectivity index (χ4n) is 11.1. The number of amides is 1. The van der Waals surface area contributed by atoms with Gasteiger partial charge < -0.3 is 20.3 Å². The fraction of sp³-hybridized carbons (Fsp3) is 0.915. The Morgan fingerprint density at radius 3 is 0.922 bits per heavy atom. The average Bonchev–Trinajstić information content (AvgIpc) is 3.43. The van der Waals surface area contributed by atoms with Gasteiger partial charge in [-0.3, -0.25) is 9.59 Å². The van der Waals surface area contributed by atoms with Gasteiger partial charge in [0.2, 0.25) is 5.91 Å². The van der Waals surface area contributed by atoms with Gasteiger partial charge in [0, 0.05) is 12.8 Å². The summed E-state index contributed by atoms with van der Waals surface area (Å²) in [6.07, 6.45) is 83.6. The van der Waals surface area contributed by atoms with Gasteiger partial charge in [-0.1, -0.05) is 327 Å². The minimum atomic E-state index is -0.670. The number of hydrogen-bond donors (Lipinski definition) is 3. The Morgan fingerprint density at radius 1 is 0.351 bits per heavy atom. The molecule has 6 heteroatoms. The normalized spacial score (nSPS) is 12.6. The van der Waals surface area contributed by atoms with Crippen LogP contribution in [0.1, 0.15) is 393 Å². The Kier molecular flexibility index (Phi) is 65.4. The molecule has 0 aromatic rings. The van der Waals surface area contributed by atoms with Crippen molar-refractivity contribution in [1.29, 1.82) is 0 Å². The first-order valence-electron chi connectivity index (χ1n) is 35.1. The maximum absolute atomic E-state index is 12.5. The third-order valence-electron chi connectivity index (χ3n) is 16.5. The molecule has 0 aromatic heterocycles. The largest absolute Gasteiger partial charge is 0.466 e. The maximum atomic E-state index is 12.5. The molecule has 0 bridgehead atoms. The maximum Gasteiger partial charge on any atom is 0.305 e. The highest BCUT2D eigenvalue weighted by molar-refractivity contribution is 5.76. The van der Waals surface area contributed by atoms with Gasteiger partial charge in [0.15, 0.2) is 0 Å². The lowest BCUT2D eigenvalue weighted by atomic mass is 10.0. The SMILES string of the molecule is CCCCCCCC/C=C\CCCCCCCC(=O)OCCCCCCCCCCCCC/C=C\CCCCCCCCCC(=O)NC(CO)C(O)CCCCCCCCCCCCCCCCCCCCCCCCC. The van der Waals surface area contributed by atoms with Crippen molar-refractivity contribution in [3.05, 3.63) is 24.3 Å². The summed E-state index contributed by atoms with van der Waals surface area (Å²) in [6, 6.07) is -0.548. The lowest BCUT2D eigenvalue weighted by Gasteiger charge is -2.22. The first-order valence-corrected chi connectivity index (χ1v) is 35.1. The molecule has 2 atom stereocenters. The van der Waals surface area contributed by atoms with Gasteiger partial charge in [0.05, 0.1) is 25.4 Å². The highest BCUT2D eigenvalue weighted by Crippen LogP contribution is 2.19. The molecule has 2 unspecified atom stereocenters. The minimum absolute atomic E-state index is 0.00298. The molecule has 0 rings (SSSR count). The van der Waals surface area contributed by atoms with E-state index in [1.165, 1.54) is 315 Å². The van der Waals surface area contributed by atoms with Crippen LogP contribution in [0.15, 0.2) is 24.3 Å². The Balaban J connectivity index is 3.41. The zero-order valence-corrected chi connectivity index (χ0v) is 52.2. The van der Waals surface area contributed by atoms with Gasteiger partial charge >= 0.3 is 5.97 Å². The van der Waals surface area contributed by atoms with E-state index in [4.69, 9.17) is 4.74 Å². The summed E-state index contributed by atoms with van der Waals surface area (Å²) in [5.41, 5.74) is 0. The second kappa shape index (κ2) is 66.8. The number of allylic oxidation sites excluding steroid dienone is 4. The molecule has 6 nitrogen and oxygen atoms in total. The van der Waals surface area contributed by atoms with E-state index < -0.39 is 12.1 Å². The summed E-state index contributed by atoms with van der Waals surface area (Å²) >= 11 is 0. The van der Waals surface area contributed by atoms with E-state index in [0.717, 1.165) is 44.9 Å². The lowest BCUT2D eigenvalue weighted by Crippen LogP contribution is -2.45. The van der Waals surface area contributed by atoms with Crippen LogP contribution in [0.5, 0.6) is 0 Å². The number of aliphatic hydroxyl groups is 2. The number of ether oxygens (including phenoxy) is 1. The van der Waals surface area contributed by atoms with E-state index in [-0.39, 0.29) is 18.5 Å². The van der Waals surface area contributed by atoms with Crippen LogP contribution >= 0.6 is 0 Å². The molecule has 0 saturated heterocycles. The Morgan fingerprint density at radius 2 is 0.610 bits per heavy atom. The van der Waals surface area contributed by atoms with Crippen molar-refractivity contribution in [2.75, 3.05) is 13.2 Å². The van der Waals surface area contributed by atoms with Crippen LogP contribution in [-0.2, 0) is 14.3 Å². The zero-order valence-electron chi connectivity index (χ0n) is 52.2. The monoisotopic (exact) mass is 1080 g/mol. The van der Waals surface area contributed by atoms with E-state index in [2.05, 4.69) is 43.5 Å². The molecular formula is C71H137NO5. The van der Waals surface area contributed by atoms with E-state index >= 15 is 0 Å². The predicted octanol–water partition coefficient (Wildman–Crippen LogP) is 22.5. The van der Waals surface area contributed by atoms with Crippen LogP contribution in [0.4, 0.5) is 0 Å².